The Hall–Kier alpha value is -2.36. The Kier molecular flexibility index (Phi) is 2.93. The smallest absolute Gasteiger partial charge is 0.262 e. The van der Waals surface area contributed by atoms with Gasteiger partial charge < -0.3 is 10.2 Å². The van der Waals surface area contributed by atoms with Gasteiger partial charge in [-0.2, -0.15) is 0 Å². The third kappa shape index (κ3) is 1.84. The van der Waals surface area contributed by atoms with Crippen molar-refractivity contribution >= 4 is 23.1 Å². The third-order valence-corrected chi connectivity index (χ3v) is 3.76. The van der Waals surface area contributed by atoms with E-state index in [0.29, 0.717) is 17.9 Å². The highest BCUT2D eigenvalue weighted by atomic mass is 16.2. The van der Waals surface area contributed by atoms with Gasteiger partial charge in [0.2, 0.25) is 0 Å². The molecule has 0 atom stereocenters. The lowest BCUT2D eigenvalue weighted by Crippen LogP contribution is -2.30. The summed E-state index contributed by atoms with van der Waals surface area (Å²) in [6, 6.07) is 7.74. The summed E-state index contributed by atoms with van der Waals surface area (Å²) in [7, 11) is 0. The van der Waals surface area contributed by atoms with E-state index in [1.807, 2.05) is 13.0 Å². The highest BCUT2D eigenvalue weighted by Crippen LogP contribution is 2.36. The van der Waals surface area contributed by atoms with Crippen molar-refractivity contribution in [2.45, 2.75) is 20.8 Å². The van der Waals surface area contributed by atoms with Crippen LogP contribution in [0.4, 0.5) is 17.2 Å². The molecule has 0 radical (unpaired) electrons. The van der Waals surface area contributed by atoms with Crippen molar-refractivity contribution in [3.8, 4) is 0 Å². The first-order chi connectivity index (χ1) is 9.61. The largest absolute Gasteiger partial charge is 0.338 e. The molecule has 0 unspecified atom stereocenters. The summed E-state index contributed by atoms with van der Waals surface area (Å²) in [5.74, 6) is 0.614. The lowest BCUT2D eigenvalue weighted by molar-refractivity contribution is 0.0989. The minimum atomic E-state index is -0.00916. The zero-order valence-electron chi connectivity index (χ0n) is 11.9. The van der Waals surface area contributed by atoms with Crippen molar-refractivity contribution < 1.29 is 4.79 Å². The van der Waals surface area contributed by atoms with Crippen LogP contribution >= 0.6 is 0 Å². The molecule has 4 heteroatoms. The molecular weight excluding hydrogens is 250 g/mol. The third-order valence-electron chi connectivity index (χ3n) is 3.76. The molecular formula is C16H17N3O. The minimum absolute atomic E-state index is 0.00916. The maximum Gasteiger partial charge on any atom is 0.262 e. The first-order valence-corrected chi connectivity index (χ1v) is 6.77. The highest BCUT2D eigenvalue weighted by Gasteiger charge is 2.26. The van der Waals surface area contributed by atoms with E-state index in [4.69, 9.17) is 0 Å². The Morgan fingerprint density at radius 3 is 2.75 bits per heavy atom. The maximum absolute atomic E-state index is 12.7. The molecule has 0 bridgehead atoms. The monoisotopic (exact) mass is 267 g/mol. The number of amides is 1. The summed E-state index contributed by atoms with van der Waals surface area (Å²) in [5.41, 5.74) is 4.83. The first kappa shape index (κ1) is 12.7. The summed E-state index contributed by atoms with van der Waals surface area (Å²) >= 11 is 0. The van der Waals surface area contributed by atoms with E-state index in [1.54, 1.807) is 17.2 Å². The number of carbonyl (C=O) groups excluding carboxylic acids is 1. The summed E-state index contributed by atoms with van der Waals surface area (Å²) < 4.78 is 0. The molecule has 102 valence electrons. The van der Waals surface area contributed by atoms with Gasteiger partial charge in [-0.15, -0.1) is 0 Å². The fraction of sp³-hybridized carbons (Fsp3) is 0.250. The summed E-state index contributed by atoms with van der Waals surface area (Å²) in [6.07, 6.45) is 1.70. The van der Waals surface area contributed by atoms with E-state index in [0.717, 1.165) is 11.4 Å². The number of anilines is 3. The topological polar surface area (TPSA) is 45.2 Å². The number of hydrogen-bond donors (Lipinski definition) is 1. The molecule has 1 N–H and O–H groups in total. The van der Waals surface area contributed by atoms with Crippen LogP contribution in [0.15, 0.2) is 30.5 Å². The molecule has 1 aliphatic rings. The van der Waals surface area contributed by atoms with Crippen LogP contribution in [-0.2, 0) is 0 Å². The Labute approximate surface area is 118 Å². The van der Waals surface area contributed by atoms with Gasteiger partial charge in [-0.05, 0) is 56.2 Å². The predicted octanol–water partition coefficient (Wildman–Crippen LogP) is 3.42. The maximum atomic E-state index is 12.7. The van der Waals surface area contributed by atoms with Crippen molar-refractivity contribution in [3.05, 3.63) is 47.2 Å². The van der Waals surface area contributed by atoms with E-state index in [2.05, 4.69) is 36.3 Å². The zero-order chi connectivity index (χ0) is 14.3. The fourth-order valence-corrected chi connectivity index (χ4v) is 2.50. The number of benzene rings is 1. The SMILES string of the molecule is CCN1C(=O)c2cccnc2Nc2cc(C)c(C)cc21. The second-order valence-electron chi connectivity index (χ2n) is 5.03. The number of rotatable bonds is 1. The predicted molar refractivity (Wildman–Crippen MR) is 80.8 cm³/mol. The van der Waals surface area contributed by atoms with Crippen LogP contribution in [0.2, 0.25) is 0 Å². The number of aryl methyl sites for hydroxylation is 2. The molecule has 2 aromatic rings. The molecule has 1 aliphatic heterocycles. The van der Waals surface area contributed by atoms with Gasteiger partial charge in [0, 0.05) is 12.7 Å². The number of fused-ring (bicyclic) bond motifs is 2. The van der Waals surface area contributed by atoms with Gasteiger partial charge in [0.1, 0.15) is 5.82 Å². The fourth-order valence-electron chi connectivity index (χ4n) is 2.50. The minimum Gasteiger partial charge on any atom is -0.338 e. The van der Waals surface area contributed by atoms with Crippen LogP contribution in [0, 0.1) is 13.8 Å². The Bertz CT molecular complexity index is 694. The average molecular weight is 267 g/mol. The zero-order valence-corrected chi connectivity index (χ0v) is 11.9. The average Bonchev–Trinajstić information content (AvgIpc) is 2.55. The van der Waals surface area contributed by atoms with Crippen LogP contribution in [0.5, 0.6) is 0 Å². The van der Waals surface area contributed by atoms with E-state index in [-0.39, 0.29) is 5.91 Å². The Morgan fingerprint density at radius 1 is 1.25 bits per heavy atom. The standard InChI is InChI=1S/C16H17N3O/c1-4-19-14-9-11(3)10(2)8-13(14)18-15-12(16(19)20)6-5-7-17-15/h5-9H,4H2,1-3H3,(H,17,18). The van der Waals surface area contributed by atoms with Gasteiger partial charge in [-0.1, -0.05) is 0 Å². The molecule has 1 aromatic heterocycles. The van der Waals surface area contributed by atoms with Gasteiger partial charge in [0.05, 0.1) is 16.9 Å². The number of nitrogens with zero attached hydrogens (tertiary/aromatic N) is 2. The van der Waals surface area contributed by atoms with Crippen LogP contribution < -0.4 is 10.2 Å². The normalized spacial score (nSPS) is 13.3. The van der Waals surface area contributed by atoms with Crippen LogP contribution in [0.1, 0.15) is 28.4 Å². The van der Waals surface area contributed by atoms with Crippen LogP contribution in [0.25, 0.3) is 0 Å². The second-order valence-corrected chi connectivity index (χ2v) is 5.03. The number of pyridine rings is 1. The molecule has 0 aliphatic carbocycles. The van der Waals surface area contributed by atoms with Gasteiger partial charge >= 0.3 is 0 Å². The second kappa shape index (κ2) is 4.63. The van der Waals surface area contributed by atoms with Crippen molar-refractivity contribution in [2.24, 2.45) is 0 Å². The van der Waals surface area contributed by atoms with Crippen molar-refractivity contribution in [2.75, 3.05) is 16.8 Å². The summed E-state index contributed by atoms with van der Waals surface area (Å²) in [5, 5.41) is 3.29. The number of hydrogen-bond acceptors (Lipinski definition) is 3. The highest BCUT2D eigenvalue weighted by molar-refractivity contribution is 6.13. The van der Waals surface area contributed by atoms with Gasteiger partial charge in [0.25, 0.3) is 5.91 Å². The molecule has 4 nitrogen and oxygen atoms in total. The van der Waals surface area contributed by atoms with Gasteiger partial charge in [-0.3, -0.25) is 4.79 Å². The summed E-state index contributed by atoms with van der Waals surface area (Å²) in [6.45, 7) is 6.74. The van der Waals surface area contributed by atoms with E-state index in [1.165, 1.54) is 11.1 Å². The molecule has 0 saturated carbocycles. The Morgan fingerprint density at radius 2 is 2.00 bits per heavy atom. The van der Waals surface area contributed by atoms with E-state index in [9.17, 15) is 4.79 Å². The quantitative estimate of drug-likeness (QED) is 0.861. The number of carbonyl (C=O) groups is 1. The van der Waals surface area contributed by atoms with Gasteiger partial charge in [-0.25, -0.2) is 4.98 Å². The van der Waals surface area contributed by atoms with E-state index < -0.39 is 0 Å². The van der Waals surface area contributed by atoms with Crippen molar-refractivity contribution in [3.63, 3.8) is 0 Å². The molecule has 1 amide bonds. The molecule has 3 rings (SSSR count). The molecule has 1 aromatic carbocycles. The van der Waals surface area contributed by atoms with Crippen molar-refractivity contribution in [1.29, 1.82) is 0 Å². The summed E-state index contributed by atoms with van der Waals surface area (Å²) in [4.78, 5) is 18.8. The molecule has 20 heavy (non-hydrogen) atoms. The van der Waals surface area contributed by atoms with E-state index >= 15 is 0 Å². The molecule has 0 fully saturated rings. The number of nitrogens with one attached hydrogen (secondary N) is 1. The molecule has 2 heterocycles. The molecule has 0 saturated heterocycles. The first-order valence-electron chi connectivity index (χ1n) is 6.77. The number of aromatic nitrogens is 1. The van der Waals surface area contributed by atoms with Crippen LogP contribution in [0.3, 0.4) is 0 Å². The Balaban J connectivity index is 2.26. The van der Waals surface area contributed by atoms with Gasteiger partial charge in [0.15, 0.2) is 0 Å². The lowest BCUT2D eigenvalue weighted by atomic mass is 10.1. The lowest BCUT2D eigenvalue weighted by Gasteiger charge is -2.22. The van der Waals surface area contributed by atoms with Crippen LogP contribution in [-0.4, -0.2) is 17.4 Å². The molecule has 0 spiro atoms. The van der Waals surface area contributed by atoms with Crippen molar-refractivity contribution in [1.82, 2.24) is 4.98 Å².